The summed E-state index contributed by atoms with van der Waals surface area (Å²) in [6.07, 6.45) is 3.87. The molecule has 1 aromatic rings. The lowest BCUT2D eigenvalue weighted by molar-refractivity contribution is 0.146. The maximum atomic E-state index is 5.87. The molecule has 0 heterocycles. The number of anilines is 1. The molecule has 0 saturated heterocycles. The lowest BCUT2D eigenvalue weighted by Crippen LogP contribution is -2.33. The van der Waals surface area contributed by atoms with E-state index in [0.717, 1.165) is 17.4 Å². The van der Waals surface area contributed by atoms with Crippen LogP contribution >= 0.6 is 0 Å². The molecule has 1 aliphatic rings. The van der Waals surface area contributed by atoms with Crippen molar-refractivity contribution in [2.75, 3.05) is 25.6 Å². The molecule has 1 aliphatic carbocycles. The summed E-state index contributed by atoms with van der Waals surface area (Å²) in [5.74, 6) is 2.51. The van der Waals surface area contributed by atoms with Gasteiger partial charge in [0, 0.05) is 13.2 Å². The molecule has 118 valence electrons. The van der Waals surface area contributed by atoms with Crippen molar-refractivity contribution < 1.29 is 9.47 Å². The van der Waals surface area contributed by atoms with E-state index >= 15 is 0 Å². The van der Waals surface area contributed by atoms with Crippen LogP contribution in [0.1, 0.15) is 38.7 Å². The maximum absolute atomic E-state index is 5.87. The summed E-state index contributed by atoms with van der Waals surface area (Å²) in [6, 6.07) is 6.94. The Balaban J connectivity index is 2.04. The number of nitrogens with one attached hydrogen (secondary N) is 1. The highest BCUT2D eigenvalue weighted by atomic mass is 16.5. The molecule has 3 heteroatoms. The predicted octanol–water partition coefficient (Wildman–Crippen LogP) is 4.26. The molecular weight excluding hydrogens is 262 g/mol. The van der Waals surface area contributed by atoms with Crippen LogP contribution in [0.3, 0.4) is 0 Å². The molecule has 0 amide bonds. The summed E-state index contributed by atoms with van der Waals surface area (Å²) < 4.78 is 10.9. The van der Waals surface area contributed by atoms with Gasteiger partial charge in [0.15, 0.2) is 0 Å². The van der Waals surface area contributed by atoms with Crippen molar-refractivity contribution in [3.8, 4) is 5.75 Å². The van der Waals surface area contributed by atoms with Crippen molar-refractivity contribution in [1.82, 2.24) is 0 Å². The first-order valence-corrected chi connectivity index (χ1v) is 8.09. The quantitative estimate of drug-likeness (QED) is 0.795. The van der Waals surface area contributed by atoms with Crippen LogP contribution in [0.15, 0.2) is 18.2 Å². The van der Waals surface area contributed by atoms with E-state index in [1.165, 1.54) is 24.8 Å². The van der Waals surface area contributed by atoms with Crippen molar-refractivity contribution in [3.63, 3.8) is 0 Å². The summed E-state index contributed by atoms with van der Waals surface area (Å²) in [5.41, 5.74) is 2.33. The average molecular weight is 291 g/mol. The van der Waals surface area contributed by atoms with Gasteiger partial charge in [-0.15, -0.1) is 0 Å². The second-order valence-corrected chi connectivity index (χ2v) is 6.49. The zero-order valence-electron chi connectivity index (χ0n) is 13.8. The SMILES string of the molecule is COCCOc1cc(C)ccc1NC1CCC(C)CC1C. The highest BCUT2D eigenvalue weighted by Gasteiger charge is 2.25. The van der Waals surface area contributed by atoms with Gasteiger partial charge in [0.05, 0.1) is 12.3 Å². The Hall–Kier alpha value is -1.22. The van der Waals surface area contributed by atoms with Gasteiger partial charge in [-0.05, 0) is 55.7 Å². The van der Waals surface area contributed by atoms with Crippen molar-refractivity contribution in [2.45, 2.75) is 46.1 Å². The summed E-state index contributed by atoms with van der Waals surface area (Å²) in [7, 11) is 1.70. The first-order valence-electron chi connectivity index (χ1n) is 8.09. The van der Waals surface area contributed by atoms with Crippen molar-refractivity contribution in [1.29, 1.82) is 0 Å². The van der Waals surface area contributed by atoms with Crippen LogP contribution in [0, 0.1) is 18.8 Å². The fourth-order valence-electron chi connectivity index (χ4n) is 3.18. The molecular formula is C18H29NO2. The molecule has 1 N–H and O–H groups in total. The van der Waals surface area contributed by atoms with Gasteiger partial charge < -0.3 is 14.8 Å². The average Bonchev–Trinajstić information content (AvgIpc) is 2.44. The third-order valence-electron chi connectivity index (χ3n) is 4.45. The van der Waals surface area contributed by atoms with Gasteiger partial charge in [-0.3, -0.25) is 0 Å². The van der Waals surface area contributed by atoms with E-state index in [1.807, 2.05) is 0 Å². The summed E-state index contributed by atoms with van der Waals surface area (Å²) in [4.78, 5) is 0. The Bertz CT molecular complexity index is 447. The first-order chi connectivity index (χ1) is 10.1. The molecule has 1 fully saturated rings. The molecule has 3 atom stereocenters. The minimum Gasteiger partial charge on any atom is -0.489 e. The van der Waals surface area contributed by atoms with Gasteiger partial charge in [-0.25, -0.2) is 0 Å². The van der Waals surface area contributed by atoms with Crippen LogP contribution < -0.4 is 10.1 Å². The second kappa shape index (κ2) is 7.69. The minimum atomic E-state index is 0.550. The van der Waals surface area contributed by atoms with Crippen LogP contribution in [0.25, 0.3) is 0 Å². The lowest BCUT2D eigenvalue weighted by atomic mass is 9.80. The fraction of sp³-hybridized carbons (Fsp3) is 0.667. The Morgan fingerprint density at radius 3 is 2.71 bits per heavy atom. The zero-order valence-corrected chi connectivity index (χ0v) is 13.8. The van der Waals surface area contributed by atoms with Crippen molar-refractivity contribution >= 4 is 5.69 Å². The van der Waals surface area contributed by atoms with Gasteiger partial charge in [0.1, 0.15) is 12.4 Å². The number of rotatable bonds is 6. The molecule has 1 aromatic carbocycles. The molecule has 0 bridgehead atoms. The topological polar surface area (TPSA) is 30.5 Å². The first kappa shape index (κ1) is 16.2. The van der Waals surface area contributed by atoms with Gasteiger partial charge in [0.25, 0.3) is 0 Å². The zero-order chi connectivity index (χ0) is 15.2. The molecule has 21 heavy (non-hydrogen) atoms. The Labute approximate surface area is 129 Å². The van der Waals surface area contributed by atoms with Crippen molar-refractivity contribution in [3.05, 3.63) is 23.8 Å². The van der Waals surface area contributed by atoms with E-state index in [9.17, 15) is 0 Å². The number of benzene rings is 1. The van der Waals surface area contributed by atoms with Gasteiger partial charge >= 0.3 is 0 Å². The van der Waals surface area contributed by atoms with Crippen LogP contribution in [0.2, 0.25) is 0 Å². The van der Waals surface area contributed by atoms with Crippen LogP contribution in [-0.2, 0) is 4.74 Å². The van der Waals surface area contributed by atoms with Crippen molar-refractivity contribution in [2.24, 2.45) is 11.8 Å². The van der Waals surface area contributed by atoms with Crippen LogP contribution in [0.5, 0.6) is 5.75 Å². The van der Waals surface area contributed by atoms with E-state index in [-0.39, 0.29) is 0 Å². The maximum Gasteiger partial charge on any atom is 0.142 e. The molecule has 1 saturated carbocycles. The van der Waals surface area contributed by atoms with Gasteiger partial charge in [0.2, 0.25) is 0 Å². The smallest absolute Gasteiger partial charge is 0.142 e. The van der Waals surface area contributed by atoms with E-state index in [2.05, 4.69) is 44.3 Å². The van der Waals surface area contributed by atoms with E-state index in [0.29, 0.717) is 25.2 Å². The Kier molecular flexibility index (Phi) is 5.92. The van der Waals surface area contributed by atoms with Gasteiger partial charge in [-0.1, -0.05) is 19.9 Å². The highest BCUT2D eigenvalue weighted by Crippen LogP contribution is 2.33. The summed E-state index contributed by atoms with van der Waals surface area (Å²) in [5, 5.41) is 3.71. The third-order valence-corrected chi connectivity index (χ3v) is 4.45. The highest BCUT2D eigenvalue weighted by molar-refractivity contribution is 5.58. The Morgan fingerprint density at radius 1 is 1.19 bits per heavy atom. The number of ether oxygens (including phenoxy) is 2. The number of methoxy groups -OCH3 is 1. The summed E-state index contributed by atoms with van der Waals surface area (Å²) in [6.45, 7) is 8.01. The third kappa shape index (κ3) is 4.63. The fourth-order valence-corrected chi connectivity index (χ4v) is 3.18. The van der Waals surface area contributed by atoms with Crippen LogP contribution in [0.4, 0.5) is 5.69 Å². The largest absolute Gasteiger partial charge is 0.489 e. The lowest BCUT2D eigenvalue weighted by Gasteiger charge is -2.34. The van der Waals surface area contributed by atoms with E-state index < -0.39 is 0 Å². The molecule has 0 radical (unpaired) electrons. The summed E-state index contributed by atoms with van der Waals surface area (Å²) >= 11 is 0. The molecule has 3 unspecified atom stereocenters. The normalized spacial score (nSPS) is 25.6. The molecule has 2 rings (SSSR count). The minimum absolute atomic E-state index is 0.550. The van der Waals surface area contributed by atoms with E-state index in [1.54, 1.807) is 7.11 Å². The molecule has 3 nitrogen and oxygen atoms in total. The number of aryl methyl sites for hydroxylation is 1. The monoisotopic (exact) mass is 291 g/mol. The van der Waals surface area contributed by atoms with E-state index in [4.69, 9.17) is 9.47 Å². The molecule has 0 aliphatic heterocycles. The molecule has 0 aromatic heterocycles. The number of hydrogen-bond acceptors (Lipinski definition) is 3. The number of hydrogen-bond donors (Lipinski definition) is 1. The molecule has 0 spiro atoms. The standard InChI is InChI=1S/C18H29NO2/c1-13-5-7-16(15(3)11-13)19-17-8-6-14(2)12-18(17)21-10-9-20-4/h6,8,12-13,15-16,19H,5,7,9-11H2,1-4H3. The van der Waals surface area contributed by atoms with Crippen LogP contribution in [-0.4, -0.2) is 26.4 Å². The second-order valence-electron chi connectivity index (χ2n) is 6.49. The Morgan fingerprint density at radius 2 is 2.00 bits per heavy atom. The van der Waals surface area contributed by atoms with Gasteiger partial charge in [-0.2, -0.15) is 0 Å². The predicted molar refractivity (Wildman–Crippen MR) is 88.1 cm³/mol.